The Morgan fingerprint density at radius 2 is 1.89 bits per heavy atom. The fraction of sp³-hybridized carbons (Fsp3) is 0.600. The van der Waals surface area contributed by atoms with Gasteiger partial charge in [0, 0.05) is 0 Å². The van der Waals surface area contributed by atoms with Crippen LogP contribution >= 0.6 is 0 Å². The smallest absolute Gasteiger partial charge is 0.296 e. The Bertz CT molecular complexity index is 341. The summed E-state index contributed by atoms with van der Waals surface area (Å²) < 4.78 is 32.1. The van der Waals surface area contributed by atoms with Crippen molar-refractivity contribution in [3.8, 4) is 0 Å². The molecule has 0 amide bonds. The molecule has 108 valence electrons. The molecule has 19 heavy (non-hydrogen) atoms. The first-order valence-corrected chi connectivity index (χ1v) is 6.74. The molecule has 1 rings (SSSR count). The average Bonchev–Trinajstić information content (AvgIpc) is 2.40. The van der Waals surface area contributed by atoms with Gasteiger partial charge in [-0.25, -0.2) is 8.78 Å². The van der Waals surface area contributed by atoms with Crippen LogP contribution in [0.25, 0.3) is 0 Å². The van der Waals surface area contributed by atoms with Crippen molar-refractivity contribution < 1.29 is 18.6 Å². The number of aliphatic hydroxyl groups excluding tert-OH is 1. The van der Waals surface area contributed by atoms with E-state index in [9.17, 15) is 13.9 Å². The Balaban J connectivity index is 2.29. The summed E-state index contributed by atoms with van der Waals surface area (Å²) in [5, 5.41) is 9.47. The molecule has 1 atom stereocenters. The van der Waals surface area contributed by atoms with E-state index in [1.54, 1.807) is 0 Å². The first-order chi connectivity index (χ1) is 9.06. The number of hydrogen-bond acceptors (Lipinski definition) is 2. The van der Waals surface area contributed by atoms with Gasteiger partial charge in [-0.1, -0.05) is 56.5 Å². The first kappa shape index (κ1) is 16.1. The molecule has 0 aliphatic heterocycles. The monoisotopic (exact) mass is 272 g/mol. The zero-order valence-corrected chi connectivity index (χ0v) is 11.3. The molecule has 0 aliphatic rings. The van der Waals surface area contributed by atoms with Gasteiger partial charge in [0.15, 0.2) is 0 Å². The molecular formula is C15H22F2O2. The Morgan fingerprint density at radius 1 is 1.21 bits per heavy atom. The van der Waals surface area contributed by atoms with Crippen LogP contribution in [0.3, 0.4) is 0 Å². The molecule has 1 aromatic rings. The van der Waals surface area contributed by atoms with Gasteiger partial charge in [-0.05, 0) is 12.0 Å². The Hall–Kier alpha value is -1.00. The van der Waals surface area contributed by atoms with Gasteiger partial charge < -0.3 is 9.84 Å². The van der Waals surface area contributed by atoms with Gasteiger partial charge in [0.2, 0.25) is 0 Å². The lowest BCUT2D eigenvalue weighted by Gasteiger charge is -2.22. The van der Waals surface area contributed by atoms with Crippen LogP contribution < -0.4 is 0 Å². The first-order valence-electron chi connectivity index (χ1n) is 6.74. The molecule has 0 saturated carbocycles. The molecule has 0 heterocycles. The van der Waals surface area contributed by atoms with Gasteiger partial charge in [0.05, 0.1) is 6.61 Å². The van der Waals surface area contributed by atoms with Crippen molar-refractivity contribution in [2.45, 2.75) is 51.2 Å². The van der Waals surface area contributed by atoms with Crippen molar-refractivity contribution in [3.63, 3.8) is 0 Å². The highest BCUT2D eigenvalue weighted by Crippen LogP contribution is 2.23. The molecule has 1 aromatic carbocycles. The average molecular weight is 272 g/mol. The second-order valence-corrected chi connectivity index (χ2v) is 4.75. The van der Waals surface area contributed by atoms with Crippen LogP contribution in [0.5, 0.6) is 0 Å². The molecule has 0 radical (unpaired) electrons. The minimum Gasteiger partial charge on any atom is -0.387 e. The lowest BCUT2D eigenvalue weighted by Crippen LogP contribution is -2.38. The van der Waals surface area contributed by atoms with Crippen molar-refractivity contribution >= 4 is 0 Å². The summed E-state index contributed by atoms with van der Waals surface area (Å²) in [6.07, 6.45) is 0.928. The second-order valence-electron chi connectivity index (χ2n) is 4.75. The number of hydrogen-bond donors (Lipinski definition) is 1. The number of rotatable bonds is 9. The predicted octanol–water partition coefficient (Wildman–Crippen LogP) is 3.78. The number of ether oxygens (including phenoxy) is 1. The molecule has 0 bridgehead atoms. The number of halogens is 2. The topological polar surface area (TPSA) is 29.5 Å². The quantitative estimate of drug-likeness (QED) is 0.693. The molecule has 1 N–H and O–H groups in total. The number of benzene rings is 1. The van der Waals surface area contributed by atoms with Crippen molar-refractivity contribution in [1.82, 2.24) is 0 Å². The van der Waals surface area contributed by atoms with E-state index in [1.807, 2.05) is 37.3 Å². The van der Waals surface area contributed by atoms with Crippen LogP contribution in [0.1, 0.15) is 38.2 Å². The zero-order chi connectivity index (χ0) is 14.1. The van der Waals surface area contributed by atoms with Crippen LogP contribution in [0, 0.1) is 0 Å². The Kier molecular flexibility index (Phi) is 6.95. The van der Waals surface area contributed by atoms with E-state index in [-0.39, 0.29) is 13.0 Å². The van der Waals surface area contributed by atoms with E-state index < -0.39 is 18.6 Å². The zero-order valence-electron chi connectivity index (χ0n) is 11.3. The maximum atomic E-state index is 13.6. The van der Waals surface area contributed by atoms with Crippen LogP contribution in [0.2, 0.25) is 0 Å². The summed E-state index contributed by atoms with van der Waals surface area (Å²) in [7, 11) is 0. The predicted molar refractivity (Wildman–Crippen MR) is 71.2 cm³/mol. The maximum Gasteiger partial charge on any atom is 0.296 e. The number of unbranched alkanes of at least 4 members (excludes halogenated alkanes) is 2. The molecular weight excluding hydrogens is 250 g/mol. The third kappa shape index (κ3) is 6.12. The molecule has 0 saturated heterocycles. The lowest BCUT2D eigenvalue weighted by molar-refractivity contribution is -0.155. The van der Waals surface area contributed by atoms with Crippen LogP contribution in [0.15, 0.2) is 30.3 Å². The van der Waals surface area contributed by atoms with E-state index in [2.05, 4.69) is 0 Å². The summed E-state index contributed by atoms with van der Waals surface area (Å²) in [5.74, 6) is -3.18. The Morgan fingerprint density at radius 3 is 2.53 bits per heavy atom. The number of aliphatic hydroxyl groups is 1. The second kappa shape index (κ2) is 8.23. The van der Waals surface area contributed by atoms with Crippen LogP contribution in [0.4, 0.5) is 8.78 Å². The number of alkyl halides is 2. The molecule has 0 spiro atoms. The van der Waals surface area contributed by atoms with Gasteiger partial charge in [0.25, 0.3) is 5.92 Å². The third-order valence-corrected chi connectivity index (χ3v) is 2.97. The van der Waals surface area contributed by atoms with Gasteiger partial charge in [0.1, 0.15) is 12.7 Å². The molecule has 0 aliphatic carbocycles. The summed E-state index contributed by atoms with van der Waals surface area (Å²) >= 11 is 0. The molecule has 0 aromatic heterocycles. The SMILES string of the molecule is CCCCCC(O)C(F)(F)COCc1ccccc1. The fourth-order valence-corrected chi connectivity index (χ4v) is 1.77. The van der Waals surface area contributed by atoms with E-state index >= 15 is 0 Å². The Labute approximate surface area is 113 Å². The van der Waals surface area contributed by atoms with Crippen molar-refractivity contribution in [2.75, 3.05) is 6.61 Å². The fourth-order valence-electron chi connectivity index (χ4n) is 1.77. The molecule has 4 heteroatoms. The molecule has 2 nitrogen and oxygen atoms in total. The van der Waals surface area contributed by atoms with Gasteiger partial charge in [-0.3, -0.25) is 0 Å². The van der Waals surface area contributed by atoms with Crippen molar-refractivity contribution in [3.05, 3.63) is 35.9 Å². The summed E-state index contributed by atoms with van der Waals surface area (Å²) in [6.45, 7) is 1.39. The normalized spacial score (nSPS) is 13.5. The van der Waals surface area contributed by atoms with Gasteiger partial charge in [-0.15, -0.1) is 0 Å². The van der Waals surface area contributed by atoms with Crippen LogP contribution in [-0.4, -0.2) is 23.7 Å². The third-order valence-electron chi connectivity index (χ3n) is 2.97. The van der Waals surface area contributed by atoms with E-state index in [1.165, 1.54) is 0 Å². The highest BCUT2D eigenvalue weighted by Gasteiger charge is 2.38. The summed E-state index contributed by atoms with van der Waals surface area (Å²) in [6, 6.07) is 9.15. The van der Waals surface area contributed by atoms with E-state index in [0.29, 0.717) is 6.42 Å². The minimum absolute atomic E-state index is 0.121. The molecule has 0 fully saturated rings. The molecule has 1 unspecified atom stereocenters. The van der Waals surface area contributed by atoms with E-state index in [0.717, 1.165) is 18.4 Å². The standard InChI is InChI=1S/C15H22F2O2/c1-2-3-5-10-14(18)15(16,17)12-19-11-13-8-6-4-7-9-13/h4,6-9,14,18H,2-3,5,10-12H2,1H3. The summed E-state index contributed by atoms with van der Waals surface area (Å²) in [5.41, 5.74) is 0.846. The maximum absolute atomic E-state index is 13.6. The van der Waals surface area contributed by atoms with Crippen molar-refractivity contribution in [1.29, 1.82) is 0 Å². The lowest BCUT2D eigenvalue weighted by atomic mass is 10.1. The van der Waals surface area contributed by atoms with Gasteiger partial charge >= 0.3 is 0 Å². The van der Waals surface area contributed by atoms with E-state index in [4.69, 9.17) is 4.74 Å². The highest BCUT2D eigenvalue weighted by molar-refractivity contribution is 5.13. The highest BCUT2D eigenvalue weighted by atomic mass is 19.3. The van der Waals surface area contributed by atoms with Crippen LogP contribution in [-0.2, 0) is 11.3 Å². The van der Waals surface area contributed by atoms with Crippen molar-refractivity contribution in [2.24, 2.45) is 0 Å². The minimum atomic E-state index is -3.18. The van der Waals surface area contributed by atoms with Gasteiger partial charge in [-0.2, -0.15) is 0 Å². The summed E-state index contributed by atoms with van der Waals surface area (Å²) in [4.78, 5) is 0. The largest absolute Gasteiger partial charge is 0.387 e.